The Morgan fingerprint density at radius 1 is 0.857 bits per heavy atom. The maximum atomic E-state index is 2.85. The van der Waals surface area contributed by atoms with E-state index in [0.717, 1.165) is 0 Å². The van der Waals surface area contributed by atoms with Gasteiger partial charge in [0.2, 0.25) is 0 Å². The Balaban J connectivity index is 1.73. The number of nitrogens with zero attached hydrogens (tertiary/aromatic N) is 2. The molecule has 0 radical (unpaired) electrons. The summed E-state index contributed by atoms with van der Waals surface area (Å²) in [6, 6.07) is 18.5. The van der Waals surface area contributed by atoms with E-state index in [0.29, 0.717) is 22.5 Å². The highest BCUT2D eigenvalue weighted by Gasteiger charge is 2.46. The van der Waals surface area contributed by atoms with E-state index in [2.05, 4.69) is 112 Å². The van der Waals surface area contributed by atoms with E-state index < -0.39 is 8.24 Å². The zero-order chi connectivity index (χ0) is 24.9. The van der Waals surface area contributed by atoms with E-state index in [1.807, 2.05) is 11.3 Å². The summed E-state index contributed by atoms with van der Waals surface area (Å²) in [5, 5.41) is 2.86. The molecule has 2 aromatic carbocycles. The molecule has 4 heteroatoms. The monoisotopic (exact) mass is 502 g/mol. The minimum absolute atomic E-state index is 0.658. The van der Waals surface area contributed by atoms with Gasteiger partial charge in [0, 0.05) is 20.5 Å². The molecule has 0 atom stereocenters. The fourth-order valence-corrected chi connectivity index (χ4v) is 15.0. The van der Waals surface area contributed by atoms with E-state index >= 15 is 0 Å². The summed E-state index contributed by atoms with van der Waals surface area (Å²) in [5.74, 6) is 0.658. The second-order valence-corrected chi connectivity index (χ2v) is 18.6. The van der Waals surface area contributed by atoms with Crippen LogP contribution in [0.25, 0.3) is 31.4 Å². The first-order chi connectivity index (χ1) is 16.7. The summed E-state index contributed by atoms with van der Waals surface area (Å²) in [6.07, 6.45) is 5.17. The second-order valence-electron chi connectivity index (χ2n) is 11.8. The highest BCUT2D eigenvalue weighted by molar-refractivity contribution is 7.22. The van der Waals surface area contributed by atoms with Crippen molar-refractivity contribution in [2.24, 2.45) is 0 Å². The molecule has 0 N–H and O–H groups in total. The van der Waals surface area contributed by atoms with Crippen molar-refractivity contribution in [3.8, 4) is 10.4 Å². The number of thiophene rings is 1. The molecule has 1 aliphatic heterocycles. The Kier molecular flexibility index (Phi) is 6.75. The number of likely N-dealkylation sites (tertiary alicyclic amines) is 1. The molecule has 5 rings (SSSR count). The molecule has 0 bridgehead atoms. The van der Waals surface area contributed by atoms with Crippen molar-refractivity contribution in [1.82, 2.24) is 9.13 Å². The van der Waals surface area contributed by atoms with E-state index in [4.69, 9.17) is 0 Å². The van der Waals surface area contributed by atoms with Crippen LogP contribution in [0.5, 0.6) is 0 Å². The van der Waals surface area contributed by atoms with Crippen LogP contribution in [-0.2, 0) is 0 Å². The predicted octanol–water partition coefficient (Wildman–Crippen LogP) is 9.36. The molecule has 0 amide bonds. The van der Waals surface area contributed by atoms with Crippen LogP contribution in [0.1, 0.15) is 65.9 Å². The SMILES string of the molecule is CC(C)[Si](C(C)C)(C(C)C)n1cc(C2CCN(C)CC2)c2cc(-c3cc4ccccc4s3)ccc21. The molecule has 2 aromatic heterocycles. The van der Waals surface area contributed by atoms with Crippen LogP contribution in [0.3, 0.4) is 0 Å². The molecule has 186 valence electrons. The topological polar surface area (TPSA) is 8.17 Å². The van der Waals surface area contributed by atoms with Crippen LogP contribution < -0.4 is 0 Å². The Morgan fingerprint density at radius 2 is 1.51 bits per heavy atom. The summed E-state index contributed by atoms with van der Waals surface area (Å²) >= 11 is 1.92. The molecule has 2 nitrogen and oxygen atoms in total. The lowest BCUT2D eigenvalue weighted by Gasteiger charge is -2.44. The number of aromatic nitrogens is 1. The van der Waals surface area contributed by atoms with Crippen LogP contribution in [0.15, 0.2) is 54.7 Å². The third-order valence-corrected chi connectivity index (χ3v) is 16.8. The van der Waals surface area contributed by atoms with Gasteiger partial charge in [-0.1, -0.05) is 65.8 Å². The highest BCUT2D eigenvalue weighted by Crippen LogP contribution is 2.47. The first kappa shape index (κ1) is 24.8. The first-order valence-electron chi connectivity index (χ1n) is 13.6. The second kappa shape index (κ2) is 9.53. The molecule has 35 heavy (non-hydrogen) atoms. The van der Waals surface area contributed by atoms with Gasteiger partial charge in [0.25, 0.3) is 0 Å². The number of piperidine rings is 1. The fraction of sp³-hybridized carbons (Fsp3) is 0.484. The van der Waals surface area contributed by atoms with Gasteiger partial charge in [0.1, 0.15) is 0 Å². The minimum atomic E-state index is -1.84. The number of benzene rings is 2. The Bertz CT molecular complexity index is 1270. The summed E-state index contributed by atoms with van der Waals surface area (Å²) in [7, 11) is 0.433. The van der Waals surface area contributed by atoms with Gasteiger partial charge >= 0.3 is 0 Å². The third kappa shape index (κ3) is 4.12. The van der Waals surface area contributed by atoms with Crippen molar-refractivity contribution in [1.29, 1.82) is 0 Å². The summed E-state index contributed by atoms with van der Waals surface area (Å²) < 4.78 is 4.23. The number of rotatable bonds is 6. The average molecular weight is 503 g/mol. The quantitative estimate of drug-likeness (QED) is 0.238. The van der Waals surface area contributed by atoms with Crippen molar-refractivity contribution in [2.45, 2.75) is 76.9 Å². The average Bonchev–Trinajstić information content (AvgIpc) is 3.41. The first-order valence-corrected chi connectivity index (χ1v) is 16.6. The van der Waals surface area contributed by atoms with Crippen molar-refractivity contribution in [2.75, 3.05) is 20.1 Å². The zero-order valence-corrected chi connectivity index (χ0v) is 24.5. The maximum Gasteiger partial charge on any atom is 0.169 e. The maximum absolute atomic E-state index is 2.85. The molecule has 0 spiro atoms. The largest absolute Gasteiger partial charge is 0.373 e. The lowest BCUT2D eigenvalue weighted by atomic mass is 9.89. The van der Waals surface area contributed by atoms with Crippen LogP contribution in [0.4, 0.5) is 0 Å². The van der Waals surface area contributed by atoms with Crippen molar-refractivity contribution < 1.29 is 0 Å². The molecule has 4 aromatic rings. The van der Waals surface area contributed by atoms with Gasteiger partial charge in [-0.3, -0.25) is 0 Å². The zero-order valence-electron chi connectivity index (χ0n) is 22.6. The molecule has 0 unspecified atom stereocenters. The van der Waals surface area contributed by atoms with E-state index in [-0.39, 0.29) is 0 Å². The van der Waals surface area contributed by atoms with Crippen molar-refractivity contribution in [3.63, 3.8) is 0 Å². The van der Waals surface area contributed by atoms with Crippen LogP contribution in [0.2, 0.25) is 16.6 Å². The standard InChI is InChI=1S/C31H42N2SSi/c1-21(2)35(22(3)4,23(5)6)33-20-28(24-14-16-32(7)17-15-24)27-18-26(12-13-29(27)33)31-19-25-10-8-9-11-30(25)34-31/h8-13,18-24H,14-17H2,1-7H3. The van der Waals surface area contributed by atoms with Crippen LogP contribution in [0, 0.1) is 0 Å². The van der Waals surface area contributed by atoms with Crippen LogP contribution in [-0.4, -0.2) is 37.5 Å². The molecule has 1 aliphatic rings. The smallest absolute Gasteiger partial charge is 0.169 e. The highest BCUT2D eigenvalue weighted by atomic mass is 32.1. The molecule has 3 heterocycles. The van der Waals surface area contributed by atoms with Crippen molar-refractivity contribution >= 4 is 40.6 Å². The summed E-state index contributed by atoms with van der Waals surface area (Å²) in [4.78, 5) is 3.88. The Labute approximate surface area is 217 Å². The van der Waals surface area contributed by atoms with E-state index in [9.17, 15) is 0 Å². The number of hydrogen-bond donors (Lipinski definition) is 0. The minimum Gasteiger partial charge on any atom is -0.373 e. The Morgan fingerprint density at radius 3 is 2.14 bits per heavy atom. The normalized spacial score (nSPS) is 16.5. The molecule has 1 saturated heterocycles. The lowest BCUT2D eigenvalue weighted by molar-refractivity contribution is 0.256. The molecular weight excluding hydrogens is 461 g/mol. The number of hydrogen-bond acceptors (Lipinski definition) is 2. The molecular formula is C31H42N2SSi. The fourth-order valence-electron chi connectivity index (χ4n) is 7.33. The van der Waals surface area contributed by atoms with Crippen molar-refractivity contribution in [3.05, 3.63) is 60.3 Å². The van der Waals surface area contributed by atoms with E-state index in [1.165, 1.54) is 57.4 Å². The molecule has 0 saturated carbocycles. The van der Waals surface area contributed by atoms with Gasteiger partial charge in [-0.05, 0) is 102 Å². The van der Waals surface area contributed by atoms with Gasteiger partial charge in [-0.15, -0.1) is 11.3 Å². The van der Waals surface area contributed by atoms with E-state index in [1.54, 1.807) is 5.56 Å². The summed E-state index contributed by atoms with van der Waals surface area (Å²) in [6.45, 7) is 17.3. The Hall–Kier alpha value is -1.88. The van der Waals surface area contributed by atoms with Gasteiger partial charge < -0.3 is 9.13 Å². The molecule has 1 fully saturated rings. The molecule has 0 aliphatic carbocycles. The predicted molar refractivity (Wildman–Crippen MR) is 159 cm³/mol. The third-order valence-electron chi connectivity index (χ3n) is 8.90. The number of fused-ring (bicyclic) bond motifs is 2. The van der Waals surface area contributed by atoms with Gasteiger partial charge in [-0.25, -0.2) is 0 Å². The van der Waals surface area contributed by atoms with Crippen LogP contribution >= 0.6 is 11.3 Å². The van der Waals surface area contributed by atoms with Gasteiger partial charge in [0.15, 0.2) is 8.24 Å². The van der Waals surface area contributed by atoms with Gasteiger partial charge in [-0.2, -0.15) is 0 Å². The summed E-state index contributed by atoms with van der Waals surface area (Å²) in [5.41, 5.74) is 6.51. The van der Waals surface area contributed by atoms with Gasteiger partial charge in [0.05, 0.1) is 0 Å². The lowest BCUT2D eigenvalue weighted by Crippen LogP contribution is -2.51.